The molecule has 0 amide bonds. The van der Waals surface area contributed by atoms with Crippen LogP contribution in [0.3, 0.4) is 0 Å². The second-order valence-corrected chi connectivity index (χ2v) is 2.95. The minimum atomic E-state index is 0.696. The van der Waals surface area contributed by atoms with Gasteiger partial charge < -0.3 is 10.1 Å². The Morgan fingerprint density at radius 1 is 1.36 bits per heavy atom. The molecule has 0 radical (unpaired) electrons. The molecule has 0 bridgehead atoms. The lowest BCUT2D eigenvalue weighted by atomic mass is 10.3. The van der Waals surface area contributed by atoms with Crippen LogP contribution in [0.15, 0.2) is 35.9 Å². The fourth-order valence-corrected chi connectivity index (χ4v) is 1.15. The third kappa shape index (κ3) is 3.71. The summed E-state index contributed by atoms with van der Waals surface area (Å²) in [6.45, 7) is 3.40. The van der Waals surface area contributed by atoms with E-state index in [4.69, 9.17) is 16.3 Å². The molecule has 0 heterocycles. The van der Waals surface area contributed by atoms with E-state index in [0.29, 0.717) is 6.61 Å². The van der Waals surface area contributed by atoms with Crippen LogP contribution in [0.1, 0.15) is 6.92 Å². The van der Waals surface area contributed by atoms with E-state index in [1.807, 2.05) is 37.3 Å². The van der Waals surface area contributed by atoms with Crippen molar-refractivity contribution < 1.29 is 4.74 Å². The Hall–Kier alpha value is -1.15. The average Bonchev–Trinajstić information content (AvgIpc) is 2.21. The third-order valence-electron chi connectivity index (χ3n) is 1.68. The van der Waals surface area contributed by atoms with Gasteiger partial charge in [0, 0.05) is 17.8 Å². The first-order chi connectivity index (χ1) is 6.86. The van der Waals surface area contributed by atoms with Crippen molar-refractivity contribution in [2.24, 2.45) is 0 Å². The van der Waals surface area contributed by atoms with Crippen LogP contribution in [0, 0.1) is 0 Å². The van der Waals surface area contributed by atoms with Crippen LogP contribution in [0.4, 0.5) is 5.69 Å². The molecule has 1 aromatic rings. The van der Waals surface area contributed by atoms with Gasteiger partial charge in [-0.2, -0.15) is 0 Å². The maximum absolute atomic E-state index is 5.39. The fourth-order valence-electron chi connectivity index (χ4n) is 1.06. The summed E-state index contributed by atoms with van der Waals surface area (Å²) in [5, 5.41) is 3.19. The van der Waals surface area contributed by atoms with Crippen LogP contribution in [-0.4, -0.2) is 13.2 Å². The number of anilines is 1. The molecule has 1 rings (SSSR count). The van der Waals surface area contributed by atoms with Crippen molar-refractivity contribution in [3.63, 3.8) is 0 Å². The average molecular weight is 212 g/mol. The van der Waals surface area contributed by atoms with Crippen molar-refractivity contribution in [2.45, 2.75) is 6.92 Å². The lowest BCUT2D eigenvalue weighted by Gasteiger charge is -2.05. The lowest BCUT2D eigenvalue weighted by Crippen LogP contribution is -1.97. The first kappa shape index (κ1) is 10.9. The predicted molar refractivity (Wildman–Crippen MR) is 61.1 cm³/mol. The topological polar surface area (TPSA) is 21.3 Å². The quantitative estimate of drug-likeness (QED) is 0.808. The van der Waals surface area contributed by atoms with Gasteiger partial charge >= 0.3 is 0 Å². The molecule has 0 saturated carbocycles. The van der Waals surface area contributed by atoms with Crippen molar-refractivity contribution >= 4 is 17.3 Å². The van der Waals surface area contributed by atoms with Crippen LogP contribution in [0.25, 0.3) is 0 Å². The molecular formula is C11H14ClNO. The van der Waals surface area contributed by atoms with Gasteiger partial charge in [0.25, 0.3) is 0 Å². The molecule has 0 aliphatic heterocycles. The van der Waals surface area contributed by atoms with Gasteiger partial charge in [0.2, 0.25) is 0 Å². The van der Waals surface area contributed by atoms with E-state index in [2.05, 4.69) is 5.32 Å². The minimum absolute atomic E-state index is 0.696. The fraction of sp³-hybridized carbons (Fsp3) is 0.273. The van der Waals surface area contributed by atoms with Gasteiger partial charge in [0.15, 0.2) is 0 Å². The zero-order valence-electron chi connectivity index (χ0n) is 8.16. The largest absolute Gasteiger partial charge is 0.494 e. The Balaban J connectivity index is 2.46. The molecule has 1 N–H and O–H groups in total. The molecule has 0 fully saturated rings. The number of halogens is 1. The van der Waals surface area contributed by atoms with Crippen molar-refractivity contribution in [2.75, 3.05) is 18.5 Å². The standard InChI is InChI=1S/C11H14ClNO/c1-2-14-11-6-4-10(5-7-11)13-9-3-8-12/h3-8,13H,2,9H2,1H3/b8-3+. The van der Waals surface area contributed by atoms with Crippen LogP contribution in [0.5, 0.6) is 5.75 Å². The molecule has 2 nitrogen and oxygen atoms in total. The van der Waals surface area contributed by atoms with E-state index in [1.54, 1.807) is 0 Å². The molecule has 14 heavy (non-hydrogen) atoms. The number of hydrogen-bond acceptors (Lipinski definition) is 2. The molecule has 0 aromatic heterocycles. The summed E-state index contributed by atoms with van der Waals surface area (Å²) in [5.74, 6) is 0.894. The highest BCUT2D eigenvalue weighted by Crippen LogP contribution is 2.15. The van der Waals surface area contributed by atoms with Crippen LogP contribution in [-0.2, 0) is 0 Å². The van der Waals surface area contributed by atoms with E-state index in [1.165, 1.54) is 5.54 Å². The molecule has 0 saturated heterocycles. The number of benzene rings is 1. The Kier molecular flexibility index (Phi) is 4.94. The van der Waals surface area contributed by atoms with Crippen LogP contribution >= 0.6 is 11.6 Å². The lowest BCUT2D eigenvalue weighted by molar-refractivity contribution is 0.340. The first-order valence-electron chi connectivity index (χ1n) is 4.58. The first-order valence-corrected chi connectivity index (χ1v) is 5.02. The minimum Gasteiger partial charge on any atom is -0.494 e. The van der Waals surface area contributed by atoms with Gasteiger partial charge in [0.1, 0.15) is 5.75 Å². The van der Waals surface area contributed by atoms with Crippen molar-refractivity contribution in [3.05, 3.63) is 35.9 Å². The highest BCUT2D eigenvalue weighted by Gasteiger charge is 1.92. The number of nitrogens with one attached hydrogen (secondary N) is 1. The molecule has 0 unspecified atom stereocenters. The highest BCUT2D eigenvalue weighted by atomic mass is 35.5. The molecule has 1 aromatic carbocycles. The summed E-state index contributed by atoms with van der Waals surface area (Å²) < 4.78 is 5.32. The monoisotopic (exact) mass is 211 g/mol. The van der Waals surface area contributed by atoms with E-state index < -0.39 is 0 Å². The zero-order chi connectivity index (χ0) is 10.2. The van der Waals surface area contributed by atoms with Crippen molar-refractivity contribution in [1.82, 2.24) is 0 Å². The van der Waals surface area contributed by atoms with Gasteiger partial charge in [-0.25, -0.2) is 0 Å². The molecular weight excluding hydrogens is 198 g/mol. The molecule has 3 heteroatoms. The summed E-state index contributed by atoms with van der Waals surface area (Å²) in [6.07, 6.45) is 1.85. The highest BCUT2D eigenvalue weighted by molar-refractivity contribution is 6.25. The van der Waals surface area contributed by atoms with Gasteiger partial charge in [-0.15, -0.1) is 0 Å². The Bertz CT molecular complexity index is 282. The number of rotatable bonds is 5. The second kappa shape index (κ2) is 6.33. The van der Waals surface area contributed by atoms with Gasteiger partial charge in [-0.05, 0) is 31.2 Å². The Morgan fingerprint density at radius 2 is 2.07 bits per heavy atom. The van der Waals surface area contributed by atoms with E-state index in [0.717, 1.165) is 18.0 Å². The molecule has 76 valence electrons. The van der Waals surface area contributed by atoms with E-state index >= 15 is 0 Å². The van der Waals surface area contributed by atoms with Gasteiger partial charge in [-0.1, -0.05) is 17.7 Å². The van der Waals surface area contributed by atoms with Crippen LogP contribution < -0.4 is 10.1 Å². The Labute approximate surface area is 89.5 Å². The summed E-state index contributed by atoms with van der Waals surface area (Å²) in [4.78, 5) is 0. The zero-order valence-corrected chi connectivity index (χ0v) is 8.92. The second-order valence-electron chi connectivity index (χ2n) is 2.70. The van der Waals surface area contributed by atoms with E-state index in [9.17, 15) is 0 Å². The van der Waals surface area contributed by atoms with Gasteiger partial charge in [0.05, 0.1) is 6.61 Å². The van der Waals surface area contributed by atoms with Crippen molar-refractivity contribution in [1.29, 1.82) is 0 Å². The molecule has 0 spiro atoms. The van der Waals surface area contributed by atoms with Crippen molar-refractivity contribution in [3.8, 4) is 5.75 Å². The van der Waals surface area contributed by atoms with E-state index in [-0.39, 0.29) is 0 Å². The SMILES string of the molecule is CCOc1ccc(NC/C=C/Cl)cc1. The normalized spacial score (nSPS) is 10.4. The molecule has 0 atom stereocenters. The molecule has 0 aliphatic carbocycles. The summed E-state index contributed by atoms with van der Waals surface area (Å²) in [7, 11) is 0. The maximum Gasteiger partial charge on any atom is 0.119 e. The van der Waals surface area contributed by atoms with Crippen LogP contribution in [0.2, 0.25) is 0 Å². The predicted octanol–water partition coefficient (Wildman–Crippen LogP) is 3.25. The smallest absolute Gasteiger partial charge is 0.119 e. The summed E-state index contributed by atoms with van der Waals surface area (Å²) in [5.41, 5.74) is 2.56. The van der Waals surface area contributed by atoms with Gasteiger partial charge in [-0.3, -0.25) is 0 Å². The number of ether oxygens (including phenoxy) is 1. The summed E-state index contributed by atoms with van der Waals surface area (Å²) >= 11 is 5.39. The molecule has 0 aliphatic rings. The third-order valence-corrected chi connectivity index (χ3v) is 1.86. The number of hydrogen-bond donors (Lipinski definition) is 1. The summed E-state index contributed by atoms with van der Waals surface area (Å²) in [6, 6.07) is 7.84. The Morgan fingerprint density at radius 3 is 2.64 bits per heavy atom. The maximum atomic E-state index is 5.39.